The molecule has 1 heterocycles. The van der Waals surface area contributed by atoms with Gasteiger partial charge in [0.05, 0.1) is 37.2 Å². The third-order valence-corrected chi connectivity index (χ3v) is 3.35. The summed E-state index contributed by atoms with van der Waals surface area (Å²) in [6.45, 7) is 2.04. The summed E-state index contributed by atoms with van der Waals surface area (Å²) in [7, 11) is 5.08. The van der Waals surface area contributed by atoms with Crippen molar-refractivity contribution in [3.63, 3.8) is 0 Å². The van der Waals surface area contributed by atoms with Crippen molar-refractivity contribution in [2.24, 2.45) is 7.05 Å². The minimum atomic E-state index is 0.0255. The second-order valence-electron chi connectivity index (χ2n) is 4.50. The lowest BCUT2D eigenvalue weighted by atomic mass is 10.1. The molecule has 0 aliphatic rings. The third-order valence-electron chi connectivity index (χ3n) is 3.06. The lowest BCUT2D eigenvalue weighted by molar-refractivity contribution is 0.390. The van der Waals surface area contributed by atoms with Gasteiger partial charge in [-0.05, 0) is 13.0 Å². The highest BCUT2D eigenvalue weighted by Crippen LogP contribution is 2.36. The quantitative estimate of drug-likeness (QED) is 0.920. The zero-order chi connectivity index (χ0) is 14.7. The molecule has 0 fully saturated rings. The lowest BCUT2D eigenvalue weighted by Gasteiger charge is -2.19. The predicted octanol–water partition coefficient (Wildman–Crippen LogP) is 3.26. The number of benzene rings is 1. The van der Waals surface area contributed by atoms with Crippen LogP contribution in [0.25, 0.3) is 0 Å². The van der Waals surface area contributed by atoms with Crippen molar-refractivity contribution in [3.8, 4) is 11.5 Å². The number of aryl methyl sites for hydroxylation is 1. The Hall–Kier alpha value is -1.88. The predicted molar refractivity (Wildman–Crippen MR) is 79.8 cm³/mol. The molecule has 20 heavy (non-hydrogen) atoms. The molecule has 0 saturated carbocycles. The van der Waals surface area contributed by atoms with Gasteiger partial charge in [-0.2, -0.15) is 5.10 Å². The van der Waals surface area contributed by atoms with Crippen molar-refractivity contribution in [3.05, 3.63) is 35.1 Å². The molecule has 0 aliphatic heterocycles. The molecule has 0 unspecified atom stereocenters. The van der Waals surface area contributed by atoms with Gasteiger partial charge in [0.15, 0.2) is 0 Å². The maximum atomic E-state index is 6.18. The number of aromatic nitrogens is 2. The van der Waals surface area contributed by atoms with E-state index in [1.54, 1.807) is 31.2 Å². The molecule has 0 bridgehead atoms. The average Bonchev–Trinajstić information content (AvgIpc) is 2.83. The van der Waals surface area contributed by atoms with E-state index in [1.165, 1.54) is 0 Å². The molecule has 1 atom stereocenters. The highest BCUT2D eigenvalue weighted by atomic mass is 35.5. The van der Waals surface area contributed by atoms with Crippen molar-refractivity contribution >= 4 is 17.3 Å². The second kappa shape index (κ2) is 6.05. The van der Waals surface area contributed by atoms with Gasteiger partial charge in [-0.15, -0.1) is 0 Å². The fourth-order valence-electron chi connectivity index (χ4n) is 2.05. The van der Waals surface area contributed by atoms with Gasteiger partial charge in [-0.3, -0.25) is 4.68 Å². The van der Waals surface area contributed by atoms with Crippen molar-refractivity contribution in [1.29, 1.82) is 0 Å². The van der Waals surface area contributed by atoms with Crippen molar-refractivity contribution in [2.75, 3.05) is 19.5 Å². The molecule has 0 radical (unpaired) electrons. The van der Waals surface area contributed by atoms with Gasteiger partial charge in [-0.1, -0.05) is 11.6 Å². The van der Waals surface area contributed by atoms with Crippen LogP contribution < -0.4 is 14.8 Å². The Bertz CT molecular complexity index is 598. The van der Waals surface area contributed by atoms with Crippen LogP contribution in [0.1, 0.15) is 18.5 Å². The molecule has 6 heteroatoms. The summed E-state index contributed by atoms with van der Waals surface area (Å²) in [5.74, 6) is 1.33. The highest BCUT2D eigenvalue weighted by molar-refractivity contribution is 6.32. The van der Waals surface area contributed by atoms with Crippen LogP contribution in [-0.4, -0.2) is 24.0 Å². The van der Waals surface area contributed by atoms with Crippen LogP contribution in [0.15, 0.2) is 24.5 Å². The molecular weight excluding hydrogens is 278 g/mol. The van der Waals surface area contributed by atoms with Crippen LogP contribution in [0.4, 0.5) is 5.69 Å². The molecule has 0 amide bonds. The number of rotatable bonds is 5. The maximum Gasteiger partial charge on any atom is 0.141 e. The van der Waals surface area contributed by atoms with Crippen LogP contribution in [0, 0.1) is 0 Å². The summed E-state index contributed by atoms with van der Waals surface area (Å²) < 4.78 is 12.3. The smallest absolute Gasteiger partial charge is 0.141 e. The van der Waals surface area contributed by atoms with Crippen LogP contribution in [0.2, 0.25) is 5.02 Å². The molecular formula is C14H18ClN3O2. The van der Waals surface area contributed by atoms with E-state index in [1.807, 2.05) is 26.2 Å². The van der Waals surface area contributed by atoms with Gasteiger partial charge in [0.1, 0.15) is 11.5 Å². The monoisotopic (exact) mass is 295 g/mol. The van der Waals surface area contributed by atoms with Gasteiger partial charge >= 0.3 is 0 Å². The first-order valence-electron chi connectivity index (χ1n) is 6.21. The van der Waals surface area contributed by atoms with Crippen LogP contribution in [0.3, 0.4) is 0 Å². The van der Waals surface area contributed by atoms with Crippen LogP contribution in [0.5, 0.6) is 11.5 Å². The number of nitrogens with one attached hydrogen (secondary N) is 1. The van der Waals surface area contributed by atoms with E-state index in [9.17, 15) is 0 Å². The average molecular weight is 296 g/mol. The normalized spacial score (nSPS) is 12.1. The number of halogens is 1. The minimum absolute atomic E-state index is 0.0255. The molecule has 1 aromatic carbocycles. The fraction of sp³-hybridized carbons (Fsp3) is 0.357. The highest BCUT2D eigenvalue weighted by Gasteiger charge is 2.15. The summed E-state index contributed by atoms with van der Waals surface area (Å²) in [6, 6.07) is 3.67. The number of hydrogen-bond donors (Lipinski definition) is 1. The lowest BCUT2D eigenvalue weighted by Crippen LogP contribution is -2.08. The van der Waals surface area contributed by atoms with E-state index in [2.05, 4.69) is 10.4 Å². The summed E-state index contributed by atoms with van der Waals surface area (Å²) >= 11 is 6.18. The standard InChI is InChI=1S/C14H18ClN3O2/c1-9(17-10-7-16-18(2)8-10)11-5-12(15)14(20-4)6-13(11)19-3/h5-9,17H,1-4H3/t9-/m0/s1. The molecule has 0 aliphatic carbocycles. The number of nitrogens with zero attached hydrogens (tertiary/aromatic N) is 2. The first-order chi connectivity index (χ1) is 9.55. The first-order valence-corrected chi connectivity index (χ1v) is 6.59. The number of methoxy groups -OCH3 is 2. The van der Waals surface area contributed by atoms with Gasteiger partial charge in [0, 0.05) is 24.9 Å². The Morgan fingerprint density at radius 3 is 2.50 bits per heavy atom. The van der Waals surface area contributed by atoms with Crippen molar-refractivity contribution < 1.29 is 9.47 Å². The zero-order valence-corrected chi connectivity index (χ0v) is 12.7. The van der Waals surface area contributed by atoms with Crippen LogP contribution >= 0.6 is 11.6 Å². The number of anilines is 1. The van der Waals surface area contributed by atoms with Gasteiger partial charge in [0.2, 0.25) is 0 Å². The zero-order valence-electron chi connectivity index (χ0n) is 12.0. The first kappa shape index (κ1) is 14.5. The van der Waals surface area contributed by atoms with Gasteiger partial charge in [-0.25, -0.2) is 0 Å². The molecule has 0 saturated heterocycles. The molecule has 2 aromatic rings. The van der Waals surface area contributed by atoms with E-state index in [0.717, 1.165) is 17.0 Å². The van der Waals surface area contributed by atoms with E-state index in [4.69, 9.17) is 21.1 Å². The van der Waals surface area contributed by atoms with Crippen molar-refractivity contribution in [2.45, 2.75) is 13.0 Å². The molecule has 5 nitrogen and oxygen atoms in total. The van der Waals surface area contributed by atoms with Crippen molar-refractivity contribution in [1.82, 2.24) is 9.78 Å². The molecule has 108 valence electrons. The van der Waals surface area contributed by atoms with Gasteiger partial charge in [0.25, 0.3) is 0 Å². The Morgan fingerprint density at radius 1 is 1.25 bits per heavy atom. The Labute approximate surface area is 123 Å². The topological polar surface area (TPSA) is 48.3 Å². The number of ether oxygens (including phenoxy) is 2. The molecule has 0 spiro atoms. The van der Waals surface area contributed by atoms with Gasteiger partial charge < -0.3 is 14.8 Å². The minimum Gasteiger partial charge on any atom is -0.496 e. The molecule has 1 N–H and O–H groups in total. The largest absolute Gasteiger partial charge is 0.496 e. The second-order valence-corrected chi connectivity index (χ2v) is 4.90. The Balaban J connectivity index is 2.28. The summed E-state index contributed by atoms with van der Waals surface area (Å²) in [5.41, 5.74) is 1.90. The Morgan fingerprint density at radius 2 is 1.95 bits per heavy atom. The summed E-state index contributed by atoms with van der Waals surface area (Å²) in [4.78, 5) is 0. The van der Waals surface area contributed by atoms with E-state index in [-0.39, 0.29) is 6.04 Å². The van der Waals surface area contributed by atoms with E-state index < -0.39 is 0 Å². The third kappa shape index (κ3) is 2.99. The fourth-order valence-corrected chi connectivity index (χ4v) is 2.29. The maximum absolute atomic E-state index is 6.18. The SMILES string of the molecule is COc1cc(OC)c([C@H](C)Nc2cnn(C)c2)cc1Cl. The number of hydrogen-bond acceptors (Lipinski definition) is 4. The summed E-state index contributed by atoms with van der Waals surface area (Å²) in [5, 5.41) is 8.04. The molecule has 1 aromatic heterocycles. The van der Waals surface area contributed by atoms with Crippen LogP contribution in [-0.2, 0) is 7.05 Å². The summed E-state index contributed by atoms with van der Waals surface area (Å²) in [6.07, 6.45) is 3.68. The van der Waals surface area contributed by atoms with E-state index >= 15 is 0 Å². The Kier molecular flexibility index (Phi) is 4.39. The van der Waals surface area contributed by atoms with E-state index in [0.29, 0.717) is 10.8 Å². The molecule has 2 rings (SSSR count).